The number of aryl methyl sites for hydroxylation is 1. The van der Waals surface area contributed by atoms with E-state index in [2.05, 4.69) is 42.2 Å². The van der Waals surface area contributed by atoms with Gasteiger partial charge in [0.2, 0.25) is 0 Å². The zero-order valence-electron chi connectivity index (χ0n) is 15.2. The minimum Gasteiger partial charge on any atom is -0.482 e. The fourth-order valence-electron chi connectivity index (χ4n) is 2.46. The molecule has 3 aromatic rings. The highest BCUT2D eigenvalue weighted by Gasteiger charge is 2.11. The van der Waals surface area contributed by atoms with E-state index in [0.717, 1.165) is 25.9 Å². The Bertz CT molecular complexity index is 987. The average Bonchev–Trinajstić information content (AvgIpc) is 2.67. The maximum Gasteiger partial charge on any atom is 0.262 e. The summed E-state index contributed by atoms with van der Waals surface area (Å²) in [5.74, 6) is 0.324. The normalized spacial score (nSPS) is 10.8. The molecule has 0 unspecified atom stereocenters. The van der Waals surface area contributed by atoms with Crippen LogP contribution in [0.1, 0.15) is 11.1 Å². The van der Waals surface area contributed by atoms with E-state index < -0.39 is 0 Å². The molecule has 4 nitrogen and oxygen atoms in total. The molecule has 0 aromatic heterocycles. The summed E-state index contributed by atoms with van der Waals surface area (Å²) in [5.41, 5.74) is 3.51. The molecule has 0 fully saturated rings. The summed E-state index contributed by atoms with van der Waals surface area (Å²) in [6.45, 7) is 1.92. The SMILES string of the molecule is Cc1ccc(N=Cc2cc(Br)cc(Br)c2OCC(=O)Nc2ccccc2)cc1. The number of nitrogens with one attached hydrogen (secondary N) is 1. The van der Waals surface area contributed by atoms with Crippen molar-refractivity contribution in [1.29, 1.82) is 0 Å². The minimum absolute atomic E-state index is 0.111. The van der Waals surface area contributed by atoms with Crippen molar-refractivity contribution in [2.75, 3.05) is 11.9 Å². The zero-order chi connectivity index (χ0) is 19.9. The van der Waals surface area contributed by atoms with Crippen molar-refractivity contribution >= 4 is 55.4 Å². The number of aliphatic imine (C=N–C) groups is 1. The second-order valence-electron chi connectivity index (χ2n) is 6.10. The molecule has 28 heavy (non-hydrogen) atoms. The van der Waals surface area contributed by atoms with Crippen LogP contribution in [0.2, 0.25) is 0 Å². The summed E-state index contributed by atoms with van der Waals surface area (Å²) < 4.78 is 7.41. The van der Waals surface area contributed by atoms with Gasteiger partial charge in [-0.2, -0.15) is 0 Å². The molecule has 0 heterocycles. The van der Waals surface area contributed by atoms with Gasteiger partial charge in [0.1, 0.15) is 5.75 Å². The highest BCUT2D eigenvalue weighted by atomic mass is 79.9. The lowest BCUT2D eigenvalue weighted by molar-refractivity contribution is -0.118. The topological polar surface area (TPSA) is 50.7 Å². The van der Waals surface area contributed by atoms with Gasteiger partial charge in [0.15, 0.2) is 6.61 Å². The molecule has 1 N–H and O–H groups in total. The Hall–Kier alpha value is -2.44. The van der Waals surface area contributed by atoms with Gasteiger partial charge < -0.3 is 10.1 Å². The first-order valence-electron chi connectivity index (χ1n) is 8.59. The van der Waals surface area contributed by atoms with Crippen molar-refractivity contribution in [2.45, 2.75) is 6.92 Å². The number of carbonyl (C=O) groups is 1. The number of nitrogens with zero attached hydrogens (tertiary/aromatic N) is 1. The van der Waals surface area contributed by atoms with Crippen molar-refractivity contribution in [3.05, 3.63) is 86.8 Å². The van der Waals surface area contributed by atoms with E-state index in [4.69, 9.17) is 4.74 Å². The number of amides is 1. The minimum atomic E-state index is -0.234. The Labute approximate surface area is 180 Å². The summed E-state index contributed by atoms with van der Waals surface area (Å²) in [5, 5.41) is 2.80. The number of hydrogen-bond acceptors (Lipinski definition) is 3. The molecule has 0 bridgehead atoms. The van der Waals surface area contributed by atoms with Crippen LogP contribution >= 0.6 is 31.9 Å². The van der Waals surface area contributed by atoms with Crippen LogP contribution in [-0.4, -0.2) is 18.7 Å². The Morgan fingerprint density at radius 1 is 1.07 bits per heavy atom. The van der Waals surface area contributed by atoms with Crippen LogP contribution in [0.5, 0.6) is 5.75 Å². The summed E-state index contributed by atoms with van der Waals surface area (Å²) in [7, 11) is 0. The number of rotatable bonds is 6. The van der Waals surface area contributed by atoms with Crippen LogP contribution in [0.25, 0.3) is 0 Å². The monoisotopic (exact) mass is 500 g/mol. The third kappa shape index (κ3) is 5.78. The maximum atomic E-state index is 12.2. The molecule has 3 rings (SSSR count). The van der Waals surface area contributed by atoms with Crippen LogP contribution in [-0.2, 0) is 4.79 Å². The van der Waals surface area contributed by atoms with E-state index in [-0.39, 0.29) is 12.5 Å². The molecule has 0 saturated carbocycles. The highest BCUT2D eigenvalue weighted by Crippen LogP contribution is 2.32. The van der Waals surface area contributed by atoms with E-state index >= 15 is 0 Å². The summed E-state index contributed by atoms with van der Waals surface area (Å²) in [6.07, 6.45) is 1.73. The Morgan fingerprint density at radius 3 is 2.50 bits per heavy atom. The first-order valence-corrected chi connectivity index (χ1v) is 10.2. The Morgan fingerprint density at radius 2 is 1.79 bits per heavy atom. The van der Waals surface area contributed by atoms with E-state index in [1.807, 2.05) is 73.7 Å². The van der Waals surface area contributed by atoms with Gasteiger partial charge in [0.25, 0.3) is 5.91 Å². The molecule has 142 valence electrons. The van der Waals surface area contributed by atoms with Gasteiger partial charge in [-0.05, 0) is 59.3 Å². The molecule has 0 aliphatic heterocycles. The number of hydrogen-bond donors (Lipinski definition) is 1. The molecule has 0 atom stereocenters. The Kier molecular flexibility index (Phi) is 7.01. The maximum absolute atomic E-state index is 12.2. The van der Waals surface area contributed by atoms with Crippen molar-refractivity contribution < 1.29 is 9.53 Å². The molecule has 0 aliphatic carbocycles. The fraction of sp³-hybridized carbons (Fsp3) is 0.0909. The van der Waals surface area contributed by atoms with Gasteiger partial charge in [0, 0.05) is 21.9 Å². The van der Waals surface area contributed by atoms with Crippen molar-refractivity contribution in [3.63, 3.8) is 0 Å². The fourth-order valence-corrected chi connectivity index (χ4v) is 3.83. The van der Waals surface area contributed by atoms with Gasteiger partial charge in [0.05, 0.1) is 10.2 Å². The van der Waals surface area contributed by atoms with Crippen LogP contribution in [0.4, 0.5) is 11.4 Å². The second kappa shape index (κ2) is 9.66. The third-order valence-electron chi connectivity index (χ3n) is 3.83. The van der Waals surface area contributed by atoms with E-state index in [1.165, 1.54) is 5.56 Å². The highest BCUT2D eigenvalue weighted by molar-refractivity contribution is 9.11. The molecule has 1 amide bonds. The largest absolute Gasteiger partial charge is 0.482 e. The molecule has 6 heteroatoms. The predicted octanol–water partition coefficient (Wildman–Crippen LogP) is 6.29. The zero-order valence-corrected chi connectivity index (χ0v) is 18.3. The van der Waals surface area contributed by atoms with Crippen LogP contribution in [0.15, 0.2) is 80.7 Å². The summed E-state index contributed by atoms with van der Waals surface area (Å²) >= 11 is 6.98. The number of ether oxygens (including phenoxy) is 1. The van der Waals surface area contributed by atoms with E-state index in [9.17, 15) is 4.79 Å². The summed E-state index contributed by atoms with van der Waals surface area (Å²) in [6, 6.07) is 21.0. The Balaban J connectivity index is 1.74. The van der Waals surface area contributed by atoms with Gasteiger partial charge in [-0.25, -0.2) is 0 Å². The molecule has 3 aromatic carbocycles. The quantitative estimate of drug-likeness (QED) is 0.403. The molecule has 0 spiro atoms. The number of anilines is 1. The van der Waals surface area contributed by atoms with Crippen molar-refractivity contribution in [2.24, 2.45) is 4.99 Å². The first kappa shape index (κ1) is 20.3. The van der Waals surface area contributed by atoms with Gasteiger partial charge in [-0.3, -0.25) is 9.79 Å². The summed E-state index contributed by atoms with van der Waals surface area (Å²) in [4.78, 5) is 16.7. The number of carbonyl (C=O) groups excluding carboxylic acids is 1. The predicted molar refractivity (Wildman–Crippen MR) is 121 cm³/mol. The van der Waals surface area contributed by atoms with Gasteiger partial charge in [-0.15, -0.1) is 0 Å². The van der Waals surface area contributed by atoms with Crippen LogP contribution in [0, 0.1) is 6.92 Å². The standard InChI is InChI=1S/C22H18Br2N2O2/c1-15-7-9-18(10-8-15)25-13-16-11-17(23)12-20(24)22(16)28-14-21(27)26-19-5-3-2-4-6-19/h2-13H,14H2,1H3,(H,26,27). The number of benzene rings is 3. The lowest BCUT2D eigenvalue weighted by Gasteiger charge is -2.12. The molecular weight excluding hydrogens is 484 g/mol. The average molecular weight is 502 g/mol. The molecule has 0 radical (unpaired) electrons. The number of halogens is 2. The van der Waals surface area contributed by atoms with Crippen LogP contribution < -0.4 is 10.1 Å². The van der Waals surface area contributed by atoms with Gasteiger partial charge >= 0.3 is 0 Å². The van der Waals surface area contributed by atoms with Gasteiger partial charge in [-0.1, -0.05) is 51.8 Å². The molecular formula is C22H18Br2N2O2. The third-order valence-corrected chi connectivity index (χ3v) is 4.88. The lowest BCUT2D eigenvalue weighted by Crippen LogP contribution is -2.20. The van der Waals surface area contributed by atoms with E-state index in [0.29, 0.717) is 5.75 Å². The first-order chi connectivity index (χ1) is 13.5. The smallest absolute Gasteiger partial charge is 0.262 e. The molecule has 0 saturated heterocycles. The molecule has 0 aliphatic rings. The second-order valence-corrected chi connectivity index (χ2v) is 7.87. The van der Waals surface area contributed by atoms with Crippen molar-refractivity contribution in [1.82, 2.24) is 0 Å². The van der Waals surface area contributed by atoms with Crippen molar-refractivity contribution in [3.8, 4) is 5.75 Å². The number of para-hydroxylation sites is 1. The van der Waals surface area contributed by atoms with Crippen LogP contribution in [0.3, 0.4) is 0 Å². The lowest BCUT2D eigenvalue weighted by atomic mass is 10.2. The van der Waals surface area contributed by atoms with E-state index in [1.54, 1.807) is 6.21 Å².